The molecule has 37 heavy (non-hydrogen) atoms. The van der Waals surface area contributed by atoms with Crippen LogP contribution in [0.15, 0.2) is 83.9 Å². The Morgan fingerprint density at radius 3 is 2.65 bits per heavy atom. The van der Waals surface area contributed by atoms with Crippen molar-refractivity contribution >= 4 is 38.5 Å². The molecule has 0 aliphatic rings. The Morgan fingerprint density at radius 1 is 1.03 bits per heavy atom. The summed E-state index contributed by atoms with van der Waals surface area (Å²) in [6, 6.07) is 20.8. The molecule has 0 spiro atoms. The maximum absolute atomic E-state index is 13.2. The number of carbonyl (C=O) groups excluding carboxylic acids is 1. The highest BCUT2D eigenvalue weighted by Gasteiger charge is 2.22. The number of pyridine rings is 2. The fourth-order valence-electron chi connectivity index (χ4n) is 4.13. The predicted molar refractivity (Wildman–Crippen MR) is 140 cm³/mol. The molecule has 0 radical (unpaired) electrons. The molecule has 0 bridgehead atoms. The molecule has 5 rings (SSSR count). The van der Waals surface area contributed by atoms with Gasteiger partial charge < -0.3 is 14.2 Å². The summed E-state index contributed by atoms with van der Waals surface area (Å²) in [5.41, 5.74) is 3.05. The minimum atomic E-state index is -4.17. The van der Waals surface area contributed by atoms with Crippen LogP contribution in [0.3, 0.4) is 0 Å². The fraction of sp³-hybridized carbons (Fsp3) is 0.148. The van der Waals surface area contributed by atoms with Crippen molar-refractivity contribution in [3.05, 3.63) is 84.7 Å². The Balaban J connectivity index is 1.53. The van der Waals surface area contributed by atoms with Crippen LogP contribution in [-0.4, -0.2) is 41.9 Å². The predicted octanol–water partition coefficient (Wildman–Crippen LogP) is 4.60. The van der Waals surface area contributed by atoms with E-state index in [9.17, 15) is 13.2 Å². The summed E-state index contributed by atoms with van der Waals surface area (Å²) in [4.78, 5) is 21.0. The normalized spacial score (nSPS) is 11.5. The second-order valence-corrected chi connectivity index (χ2v) is 9.74. The summed E-state index contributed by atoms with van der Waals surface area (Å²) in [6.07, 6.45) is 1.54. The summed E-state index contributed by atoms with van der Waals surface area (Å²) in [6.45, 7) is 3.90. The molecule has 3 heterocycles. The second-order valence-electron chi connectivity index (χ2n) is 8.22. The third-order valence-electron chi connectivity index (χ3n) is 5.72. The molecule has 0 saturated carbocycles. The quantitative estimate of drug-likeness (QED) is 0.235. The van der Waals surface area contributed by atoms with Gasteiger partial charge in [0.2, 0.25) is 0 Å². The number of esters is 1. The number of nitrogens with one attached hydrogen (secondary N) is 1. The Bertz CT molecular complexity index is 1720. The van der Waals surface area contributed by atoms with Crippen LogP contribution >= 0.6 is 0 Å². The van der Waals surface area contributed by atoms with Gasteiger partial charge >= 0.3 is 16.1 Å². The third kappa shape index (κ3) is 4.83. The number of benzene rings is 2. The summed E-state index contributed by atoms with van der Waals surface area (Å²) in [7, 11) is -4.17. The van der Waals surface area contributed by atoms with Crippen LogP contribution in [0, 0.1) is 6.92 Å². The van der Waals surface area contributed by atoms with Gasteiger partial charge in [-0.3, -0.25) is 14.2 Å². The minimum absolute atomic E-state index is 0.0175. The van der Waals surface area contributed by atoms with E-state index in [-0.39, 0.29) is 23.8 Å². The monoisotopic (exact) mass is 516 g/mol. The van der Waals surface area contributed by atoms with Crippen molar-refractivity contribution in [1.82, 2.24) is 14.4 Å². The van der Waals surface area contributed by atoms with E-state index in [0.29, 0.717) is 33.6 Å². The molecule has 0 aliphatic carbocycles. The van der Waals surface area contributed by atoms with Gasteiger partial charge in [0.25, 0.3) is 0 Å². The van der Waals surface area contributed by atoms with E-state index in [1.54, 1.807) is 55.5 Å². The molecule has 2 aromatic carbocycles. The van der Waals surface area contributed by atoms with E-state index in [1.807, 2.05) is 29.5 Å². The molecule has 0 unspecified atom stereocenters. The Hall–Kier alpha value is -4.44. The van der Waals surface area contributed by atoms with Crippen LogP contribution < -0.4 is 9.50 Å². The number of aryl methyl sites for hydroxylation is 1. The molecule has 0 amide bonds. The van der Waals surface area contributed by atoms with Gasteiger partial charge in [-0.25, -0.2) is 4.98 Å². The first kappa shape index (κ1) is 24.3. The highest BCUT2D eigenvalue weighted by Crippen LogP contribution is 2.33. The zero-order chi connectivity index (χ0) is 26.0. The number of imidazole rings is 1. The number of hydrogen-bond donors (Lipinski definition) is 1. The van der Waals surface area contributed by atoms with Gasteiger partial charge in [-0.2, -0.15) is 8.42 Å². The Morgan fingerprint density at radius 2 is 1.81 bits per heavy atom. The first-order chi connectivity index (χ1) is 17.9. The number of ether oxygens (including phenoxy) is 1. The maximum atomic E-state index is 13.2. The lowest BCUT2D eigenvalue weighted by Crippen LogP contribution is -2.18. The van der Waals surface area contributed by atoms with Crippen LogP contribution in [0.25, 0.3) is 27.8 Å². The van der Waals surface area contributed by atoms with Gasteiger partial charge in [-0.1, -0.05) is 36.4 Å². The van der Waals surface area contributed by atoms with Gasteiger partial charge in [-0.15, -0.1) is 0 Å². The minimum Gasteiger partial charge on any atom is -0.465 e. The molecule has 188 valence electrons. The van der Waals surface area contributed by atoms with Crippen molar-refractivity contribution in [1.29, 1.82) is 0 Å². The van der Waals surface area contributed by atoms with Gasteiger partial charge in [0.15, 0.2) is 0 Å². The van der Waals surface area contributed by atoms with Crippen molar-refractivity contribution in [2.24, 2.45) is 0 Å². The average molecular weight is 517 g/mol. The Labute approximate surface area is 213 Å². The summed E-state index contributed by atoms with van der Waals surface area (Å²) in [5.74, 6) is 0.304. The Kier molecular flexibility index (Phi) is 6.49. The van der Waals surface area contributed by atoms with E-state index >= 15 is 0 Å². The van der Waals surface area contributed by atoms with Crippen LogP contribution in [-0.2, 0) is 19.6 Å². The van der Waals surface area contributed by atoms with Gasteiger partial charge in [0.05, 0.1) is 12.1 Å². The summed E-state index contributed by atoms with van der Waals surface area (Å²) < 4.78 is 38.9. The summed E-state index contributed by atoms with van der Waals surface area (Å²) >= 11 is 0. The molecule has 0 aliphatic heterocycles. The highest BCUT2D eigenvalue weighted by molar-refractivity contribution is 7.87. The van der Waals surface area contributed by atoms with E-state index in [2.05, 4.69) is 10.3 Å². The molecule has 5 aromatic rings. The number of carbonyl (C=O) groups is 1. The molecule has 0 atom stereocenters. The molecule has 0 saturated heterocycles. The van der Waals surface area contributed by atoms with Crippen LogP contribution in [0.1, 0.15) is 12.6 Å². The standard InChI is InChI=1S/C27H24N4O5S/c1-3-35-24(32)17-29-27-26(30-23-14-4-8-18(2)31(23)27)20-10-5-12-21(16-20)36-37(33,34)22-13-6-9-19-11-7-15-28-25(19)22/h4-16,29H,3,17H2,1-2H3. The fourth-order valence-corrected chi connectivity index (χ4v) is 5.23. The number of aromatic nitrogens is 3. The highest BCUT2D eigenvalue weighted by atomic mass is 32.2. The number of para-hydroxylation sites is 1. The lowest BCUT2D eigenvalue weighted by molar-refractivity contribution is -0.140. The van der Waals surface area contributed by atoms with E-state index in [0.717, 1.165) is 5.69 Å². The topological polar surface area (TPSA) is 112 Å². The van der Waals surface area contributed by atoms with Crippen molar-refractivity contribution in [3.8, 4) is 17.0 Å². The van der Waals surface area contributed by atoms with E-state index in [4.69, 9.17) is 13.9 Å². The lowest BCUT2D eigenvalue weighted by atomic mass is 10.1. The third-order valence-corrected chi connectivity index (χ3v) is 7.00. The maximum Gasteiger partial charge on any atom is 0.341 e. The van der Waals surface area contributed by atoms with Crippen molar-refractivity contribution in [2.45, 2.75) is 18.7 Å². The molecular weight excluding hydrogens is 492 g/mol. The van der Waals surface area contributed by atoms with Crippen LogP contribution in [0.2, 0.25) is 0 Å². The van der Waals surface area contributed by atoms with Crippen LogP contribution in [0.5, 0.6) is 5.75 Å². The average Bonchev–Trinajstić information content (AvgIpc) is 3.27. The molecular formula is C27H24N4O5S. The number of fused-ring (bicyclic) bond motifs is 2. The first-order valence-corrected chi connectivity index (χ1v) is 13.0. The van der Waals surface area contributed by atoms with Gasteiger partial charge in [-0.05, 0) is 50.2 Å². The summed E-state index contributed by atoms with van der Waals surface area (Å²) in [5, 5.41) is 3.83. The van der Waals surface area contributed by atoms with E-state index < -0.39 is 16.1 Å². The number of nitrogens with zero attached hydrogens (tertiary/aromatic N) is 3. The molecule has 0 fully saturated rings. The molecule has 1 N–H and O–H groups in total. The number of rotatable bonds is 8. The first-order valence-electron chi connectivity index (χ1n) is 11.6. The lowest BCUT2D eigenvalue weighted by Gasteiger charge is -2.12. The second kappa shape index (κ2) is 9.90. The van der Waals surface area contributed by atoms with Crippen molar-refractivity contribution in [3.63, 3.8) is 0 Å². The molecule has 3 aromatic heterocycles. The SMILES string of the molecule is CCOC(=O)CNc1c(-c2cccc(OS(=O)(=O)c3cccc4cccnc34)c2)nc2cccc(C)n12. The molecule has 10 heteroatoms. The zero-order valence-corrected chi connectivity index (χ0v) is 21.0. The smallest absolute Gasteiger partial charge is 0.341 e. The van der Waals surface area contributed by atoms with Crippen molar-refractivity contribution in [2.75, 3.05) is 18.5 Å². The van der Waals surface area contributed by atoms with Crippen LogP contribution in [0.4, 0.5) is 5.82 Å². The van der Waals surface area contributed by atoms with Gasteiger partial charge in [0.1, 0.15) is 34.3 Å². The largest absolute Gasteiger partial charge is 0.465 e. The van der Waals surface area contributed by atoms with Gasteiger partial charge in [0, 0.05) is 22.8 Å². The number of hydrogen-bond acceptors (Lipinski definition) is 8. The van der Waals surface area contributed by atoms with Crippen molar-refractivity contribution < 1.29 is 22.1 Å². The zero-order valence-electron chi connectivity index (χ0n) is 20.2. The van der Waals surface area contributed by atoms with E-state index in [1.165, 1.54) is 12.3 Å². The number of anilines is 1. The molecule has 9 nitrogen and oxygen atoms in total.